The van der Waals surface area contributed by atoms with Crippen molar-refractivity contribution in [1.29, 1.82) is 0 Å². The molecule has 1 aliphatic heterocycles. The number of hydrogen-bond acceptors (Lipinski definition) is 4. The van der Waals surface area contributed by atoms with E-state index in [0.29, 0.717) is 22.8 Å². The number of rotatable bonds is 5. The molecule has 4 nitrogen and oxygen atoms in total. The molecule has 1 atom stereocenters. The van der Waals surface area contributed by atoms with Crippen molar-refractivity contribution in [3.63, 3.8) is 0 Å². The normalized spacial score (nSPS) is 17.7. The number of benzene rings is 1. The van der Waals surface area contributed by atoms with Crippen LogP contribution in [0.3, 0.4) is 0 Å². The van der Waals surface area contributed by atoms with Crippen LogP contribution >= 0.6 is 11.6 Å². The molecular formula is C16H16ClF2N3O. The maximum Gasteiger partial charge on any atom is 0.280 e. The van der Waals surface area contributed by atoms with Gasteiger partial charge in [-0.25, -0.2) is 18.7 Å². The van der Waals surface area contributed by atoms with Crippen molar-refractivity contribution in [3.8, 4) is 11.3 Å². The minimum atomic E-state index is -2.66. The first-order valence-electron chi connectivity index (χ1n) is 7.40. The van der Waals surface area contributed by atoms with Crippen LogP contribution in [0.5, 0.6) is 0 Å². The van der Waals surface area contributed by atoms with Gasteiger partial charge in [0.1, 0.15) is 5.69 Å². The van der Waals surface area contributed by atoms with Crippen molar-refractivity contribution < 1.29 is 13.5 Å². The number of alkyl halides is 2. The number of anilines is 1. The minimum absolute atomic E-state index is 0.0767. The predicted octanol–water partition coefficient (Wildman–Crippen LogP) is 4.33. The number of nitrogens with one attached hydrogen (secondary N) is 1. The third kappa shape index (κ3) is 4.14. The Kier molecular flexibility index (Phi) is 5.03. The second-order valence-electron chi connectivity index (χ2n) is 5.33. The molecule has 3 rings (SSSR count). The molecule has 0 saturated carbocycles. The summed E-state index contributed by atoms with van der Waals surface area (Å²) in [7, 11) is 0. The van der Waals surface area contributed by atoms with E-state index >= 15 is 0 Å². The fourth-order valence-corrected chi connectivity index (χ4v) is 2.56. The van der Waals surface area contributed by atoms with E-state index in [9.17, 15) is 8.78 Å². The van der Waals surface area contributed by atoms with Crippen LogP contribution in [-0.4, -0.2) is 29.2 Å². The van der Waals surface area contributed by atoms with Gasteiger partial charge in [0.2, 0.25) is 5.95 Å². The number of halogens is 3. The van der Waals surface area contributed by atoms with Gasteiger partial charge in [-0.2, -0.15) is 0 Å². The highest BCUT2D eigenvalue weighted by atomic mass is 35.5. The lowest BCUT2D eigenvalue weighted by molar-refractivity contribution is 0.120. The van der Waals surface area contributed by atoms with Crippen LogP contribution in [0.25, 0.3) is 11.3 Å². The van der Waals surface area contributed by atoms with Crippen molar-refractivity contribution >= 4 is 17.5 Å². The molecule has 7 heteroatoms. The second kappa shape index (κ2) is 7.19. The smallest absolute Gasteiger partial charge is 0.280 e. The highest BCUT2D eigenvalue weighted by Gasteiger charge is 2.17. The molecule has 0 bridgehead atoms. The molecule has 122 valence electrons. The number of nitrogens with zero attached hydrogens (tertiary/aromatic N) is 2. The zero-order valence-electron chi connectivity index (χ0n) is 12.3. The van der Waals surface area contributed by atoms with E-state index in [2.05, 4.69) is 15.3 Å². The molecule has 0 amide bonds. The van der Waals surface area contributed by atoms with Gasteiger partial charge in [0.25, 0.3) is 6.43 Å². The Hall–Kier alpha value is -1.79. The van der Waals surface area contributed by atoms with Crippen LogP contribution in [0.15, 0.2) is 30.3 Å². The van der Waals surface area contributed by atoms with Crippen molar-refractivity contribution in [1.82, 2.24) is 9.97 Å². The fourth-order valence-electron chi connectivity index (χ4n) is 2.44. The summed E-state index contributed by atoms with van der Waals surface area (Å²) in [5.41, 5.74) is 0.834. The molecule has 1 saturated heterocycles. The van der Waals surface area contributed by atoms with Gasteiger partial charge in [0.15, 0.2) is 0 Å². The average Bonchev–Trinajstić information content (AvgIpc) is 3.07. The molecule has 2 aromatic rings. The molecule has 0 aliphatic carbocycles. The molecule has 0 radical (unpaired) electrons. The van der Waals surface area contributed by atoms with E-state index in [1.165, 1.54) is 6.07 Å². The molecule has 2 heterocycles. The van der Waals surface area contributed by atoms with Gasteiger partial charge in [0, 0.05) is 23.7 Å². The second-order valence-corrected chi connectivity index (χ2v) is 5.76. The Morgan fingerprint density at radius 3 is 2.70 bits per heavy atom. The molecule has 1 unspecified atom stereocenters. The quantitative estimate of drug-likeness (QED) is 0.881. The van der Waals surface area contributed by atoms with Crippen molar-refractivity contribution in [2.24, 2.45) is 0 Å². The summed E-state index contributed by atoms with van der Waals surface area (Å²) >= 11 is 5.86. The predicted molar refractivity (Wildman–Crippen MR) is 84.9 cm³/mol. The van der Waals surface area contributed by atoms with Crippen molar-refractivity contribution in [3.05, 3.63) is 41.0 Å². The van der Waals surface area contributed by atoms with E-state index in [4.69, 9.17) is 16.3 Å². The van der Waals surface area contributed by atoms with E-state index in [-0.39, 0.29) is 17.7 Å². The maximum absolute atomic E-state index is 13.1. The van der Waals surface area contributed by atoms with E-state index in [1.54, 1.807) is 24.3 Å². The van der Waals surface area contributed by atoms with Gasteiger partial charge < -0.3 is 10.1 Å². The number of ether oxygens (including phenoxy) is 1. The first-order valence-corrected chi connectivity index (χ1v) is 7.78. The lowest BCUT2D eigenvalue weighted by Gasteiger charge is -2.13. The van der Waals surface area contributed by atoms with Crippen LogP contribution in [0.1, 0.15) is 25.0 Å². The summed E-state index contributed by atoms with van der Waals surface area (Å²) in [5, 5.41) is 3.57. The molecule has 23 heavy (non-hydrogen) atoms. The third-order valence-corrected chi connectivity index (χ3v) is 3.87. The monoisotopic (exact) mass is 339 g/mol. The Bertz CT molecular complexity index is 661. The number of aromatic nitrogens is 2. The van der Waals surface area contributed by atoms with Gasteiger partial charge in [-0.15, -0.1) is 0 Å². The van der Waals surface area contributed by atoms with Gasteiger partial charge in [0.05, 0.1) is 11.8 Å². The van der Waals surface area contributed by atoms with Crippen molar-refractivity contribution in [2.45, 2.75) is 25.4 Å². The lowest BCUT2D eigenvalue weighted by Crippen LogP contribution is -2.20. The topological polar surface area (TPSA) is 47.0 Å². The standard InChI is InChI=1S/C16H16ClF2N3O/c17-11-5-3-10(4-6-11)13-8-14(15(18)19)22-16(21-13)20-9-12-2-1-7-23-12/h3-6,8,12,15H,1-2,7,9H2,(H,20,21,22). The maximum atomic E-state index is 13.1. The summed E-state index contributed by atoms with van der Waals surface area (Å²) in [4.78, 5) is 8.21. The van der Waals surface area contributed by atoms with Crippen molar-refractivity contribution in [2.75, 3.05) is 18.5 Å². The average molecular weight is 340 g/mol. The molecule has 1 N–H and O–H groups in total. The van der Waals surface area contributed by atoms with Gasteiger partial charge in [-0.05, 0) is 31.0 Å². The van der Waals surface area contributed by atoms with Crippen LogP contribution in [0.4, 0.5) is 14.7 Å². The Morgan fingerprint density at radius 1 is 1.26 bits per heavy atom. The SMILES string of the molecule is FC(F)c1cc(-c2ccc(Cl)cc2)nc(NCC2CCCO2)n1. The lowest BCUT2D eigenvalue weighted by atomic mass is 10.1. The molecule has 1 fully saturated rings. The summed E-state index contributed by atoms with van der Waals surface area (Å²) in [6.07, 6.45) is -0.619. The summed E-state index contributed by atoms with van der Waals surface area (Å²) < 4.78 is 31.7. The first kappa shape index (κ1) is 16.1. The third-order valence-electron chi connectivity index (χ3n) is 3.62. The van der Waals surface area contributed by atoms with Crippen LogP contribution in [0, 0.1) is 0 Å². The zero-order valence-corrected chi connectivity index (χ0v) is 13.1. The molecule has 1 aromatic heterocycles. The zero-order chi connectivity index (χ0) is 16.2. The van der Waals surface area contributed by atoms with Gasteiger partial charge in [-0.1, -0.05) is 23.7 Å². The summed E-state index contributed by atoms with van der Waals surface area (Å²) in [5.74, 6) is 0.184. The Balaban J connectivity index is 1.84. The summed E-state index contributed by atoms with van der Waals surface area (Å²) in [6, 6.07) is 8.17. The van der Waals surface area contributed by atoms with Crippen LogP contribution in [0.2, 0.25) is 5.02 Å². The Morgan fingerprint density at radius 2 is 2.04 bits per heavy atom. The first-order chi connectivity index (χ1) is 11.1. The highest BCUT2D eigenvalue weighted by Crippen LogP contribution is 2.25. The highest BCUT2D eigenvalue weighted by molar-refractivity contribution is 6.30. The molecule has 0 spiro atoms. The van der Waals surface area contributed by atoms with Crippen LogP contribution in [-0.2, 0) is 4.74 Å². The van der Waals surface area contributed by atoms with Gasteiger partial charge in [-0.3, -0.25) is 0 Å². The fraction of sp³-hybridized carbons (Fsp3) is 0.375. The molecule has 1 aliphatic rings. The largest absolute Gasteiger partial charge is 0.376 e. The molecular weight excluding hydrogens is 324 g/mol. The Labute approximate surface area is 137 Å². The van der Waals surface area contributed by atoms with E-state index in [0.717, 1.165) is 19.4 Å². The van der Waals surface area contributed by atoms with E-state index in [1.807, 2.05) is 0 Å². The van der Waals surface area contributed by atoms with Gasteiger partial charge >= 0.3 is 0 Å². The van der Waals surface area contributed by atoms with E-state index < -0.39 is 6.43 Å². The number of hydrogen-bond donors (Lipinski definition) is 1. The molecule has 1 aromatic carbocycles. The minimum Gasteiger partial charge on any atom is -0.376 e. The van der Waals surface area contributed by atoms with Crippen LogP contribution < -0.4 is 5.32 Å². The summed E-state index contributed by atoms with van der Waals surface area (Å²) in [6.45, 7) is 1.24.